The SMILES string of the molecule is CC(Cl)c1nc2cc(F)ccc2n1C1CC1C. The van der Waals surface area contributed by atoms with Crippen molar-refractivity contribution in [2.24, 2.45) is 5.92 Å². The Kier molecular flexibility index (Phi) is 2.40. The molecule has 4 heteroatoms. The maximum absolute atomic E-state index is 13.2. The quantitative estimate of drug-likeness (QED) is 0.737. The van der Waals surface area contributed by atoms with E-state index in [2.05, 4.69) is 16.5 Å². The summed E-state index contributed by atoms with van der Waals surface area (Å²) in [6, 6.07) is 5.23. The van der Waals surface area contributed by atoms with Crippen molar-refractivity contribution in [1.29, 1.82) is 0 Å². The van der Waals surface area contributed by atoms with Crippen LogP contribution in [0.2, 0.25) is 0 Å². The highest BCUT2D eigenvalue weighted by Crippen LogP contribution is 2.46. The second-order valence-electron chi connectivity index (χ2n) is 4.87. The Bertz CT molecular complexity index is 576. The predicted octanol–water partition coefficient (Wildman–Crippen LogP) is 4.06. The van der Waals surface area contributed by atoms with Gasteiger partial charge >= 0.3 is 0 Å². The van der Waals surface area contributed by atoms with Crippen LogP contribution in [0.15, 0.2) is 18.2 Å². The van der Waals surface area contributed by atoms with Crippen molar-refractivity contribution < 1.29 is 4.39 Å². The highest BCUT2D eigenvalue weighted by Gasteiger charge is 2.37. The van der Waals surface area contributed by atoms with Gasteiger partial charge < -0.3 is 4.57 Å². The Morgan fingerprint density at radius 1 is 1.53 bits per heavy atom. The van der Waals surface area contributed by atoms with Gasteiger partial charge in [0.2, 0.25) is 0 Å². The zero-order valence-corrected chi connectivity index (χ0v) is 10.6. The van der Waals surface area contributed by atoms with Crippen LogP contribution in [-0.4, -0.2) is 9.55 Å². The second kappa shape index (κ2) is 3.70. The molecular formula is C13H14ClFN2. The minimum Gasteiger partial charge on any atom is -0.323 e. The number of fused-ring (bicyclic) bond motifs is 1. The van der Waals surface area contributed by atoms with Crippen LogP contribution in [0, 0.1) is 11.7 Å². The van der Waals surface area contributed by atoms with Crippen LogP contribution in [0.5, 0.6) is 0 Å². The molecule has 1 fully saturated rings. The van der Waals surface area contributed by atoms with Gasteiger partial charge in [0, 0.05) is 12.1 Å². The Morgan fingerprint density at radius 3 is 2.82 bits per heavy atom. The molecular weight excluding hydrogens is 239 g/mol. The minimum absolute atomic E-state index is 0.154. The molecule has 0 spiro atoms. The number of alkyl halides is 1. The lowest BCUT2D eigenvalue weighted by molar-refractivity contribution is 0.629. The number of nitrogens with zero attached hydrogens (tertiary/aromatic N) is 2. The molecule has 1 aliphatic rings. The molecule has 0 bridgehead atoms. The Labute approximate surface area is 104 Å². The molecule has 1 aliphatic carbocycles. The lowest BCUT2D eigenvalue weighted by atomic mass is 10.3. The second-order valence-corrected chi connectivity index (χ2v) is 5.52. The molecule has 3 rings (SSSR count). The van der Waals surface area contributed by atoms with E-state index in [1.165, 1.54) is 12.1 Å². The highest BCUT2D eigenvalue weighted by molar-refractivity contribution is 6.20. The third kappa shape index (κ3) is 1.73. The summed E-state index contributed by atoms with van der Waals surface area (Å²) in [7, 11) is 0. The molecule has 1 heterocycles. The Balaban J connectivity index is 2.24. The van der Waals surface area contributed by atoms with Crippen molar-refractivity contribution in [3.63, 3.8) is 0 Å². The van der Waals surface area contributed by atoms with Gasteiger partial charge in [-0.2, -0.15) is 0 Å². The van der Waals surface area contributed by atoms with Gasteiger partial charge in [0.25, 0.3) is 0 Å². The topological polar surface area (TPSA) is 17.8 Å². The number of benzene rings is 1. The molecule has 1 aromatic heterocycles. The van der Waals surface area contributed by atoms with E-state index in [9.17, 15) is 4.39 Å². The molecule has 90 valence electrons. The van der Waals surface area contributed by atoms with Crippen LogP contribution in [0.25, 0.3) is 11.0 Å². The summed E-state index contributed by atoms with van der Waals surface area (Å²) in [6.07, 6.45) is 1.15. The minimum atomic E-state index is -0.250. The number of rotatable bonds is 2. The van der Waals surface area contributed by atoms with Gasteiger partial charge in [0.1, 0.15) is 11.6 Å². The molecule has 1 aromatic carbocycles. The van der Waals surface area contributed by atoms with Crippen molar-refractivity contribution in [3.05, 3.63) is 29.8 Å². The van der Waals surface area contributed by atoms with Crippen LogP contribution in [0.1, 0.15) is 37.5 Å². The summed E-state index contributed by atoms with van der Waals surface area (Å²) < 4.78 is 15.4. The van der Waals surface area contributed by atoms with Gasteiger partial charge in [-0.3, -0.25) is 0 Å². The molecule has 3 unspecified atom stereocenters. The van der Waals surface area contributed by atoms with E-state index in [0.717, 1.165) is 17.8 Å². The van der Waals surface area contributed by atoms with E-state index in [-0.39, 0.29) is 11.2 Å². The summed E-state index contributed by atoms with van der Waals surface area (Å²) >= 11 is 6.16. The van der Waals surface area contributed by atoms with Crippen LogP contribution in [0.4, 0.5) is 4.39 Å². The van der Waals surface area contributed by atoms with E-state index in [4.69, 9.17) is 11.6 Å². The fourth-order valence-electron chi connectivity index (χ4n) is 2.38. The first-order chi connectivity index (χ1) is 8.08. The lowest BCUT2D eigenvalue weighted by Crippen LogP contribution is -2.03. The lowest BCUT2D eigenvalue weighted by Gasteiger charge is -2.09. The van der Waals surface area contributed by atoms with E-state index >= 15 is 0 Å². The van der Waals surface area contributed by atoms with Gasteiger partial charge in [-0.15, -0.1) is 11.6 Å². The van der Waals surface area contributed by atoms with E-state index in [1.807, 2.05) is 6.92 Å². The summed E-state index contributed by atoms with van der Waals surface area (Å²) in [4.78, 5) is 4.46. The molecule has 0 amide bonds. The number of imidazole rings is 1. The number of aromatic nitrogens is 2. The van der Waals surface area contributed by atoms with E-state index in [0.29, 0.717) is 17.5 Å². The molecule has 0 radical (unpaired) electrons. The molecule has 17 heavy (non-hydrogen) atoms. The third-order valence-corrected chi connectivity index (χ3v) is 3.63. The zero-order chi connectivity index (χ0) is 12.2. The van der Waals surface area contributed by atoms with Crippen molar-refractivity contribution in [3.8, 4) is 0 Å². The number of hydrogen-bond donors (Lipinski definition) is 0. The molecule has 0 N–H and O–H groups in total. The Morgan fingerprint density at radius 2 is 2.24 bits per heavy atom. The van der Waals surface area contributed by atoms with Gasteiger partial charge in [0.05, 0.1) is 16.4 Å². The van der Waals surface area contributed by atoms with Gasteiger partial charge in [0.15, 0.2) is 0 Å². The highest BCUT2D eigenvalue weighted by atomic mass is 35.5. The maximum atomic E-state index is 13.2. The van der Waals surface area contributed by atoms with E-state index in [1.54, 1.807) is 6.07 Å². The Hall–Kier alpha value is -1.09. The van der Waals surface area contributed by atoms with Gasteiger partial charge in [-0.05, 0) is 31.4 Å². The maximum Gasteiger partial charge on any atom is 0.127 e. The largest absolute Gasteiger partial charge is 0.323 e. The standard InChI is InChI=1S/C13H14ClFN2/c1-7-5-12(7)17-11-4-3-9(15)6-10(11)16-13(17)8(2)14/h3-4,6-8,12H,5H2,1-2H3. The molecule has 0 saturated heterocycles. The summed E-state index contributed by atoms with van der Waals surface area (Å²) in [6.45, 7) is 4.12. The predicted molar refractivity (Wildman–Crippen MR) is 66.8 cm³/mol. The molecule has 1 saturated carbocycles. The van der Waals surface area contributed by atoms with Crippen LogP contribution >= 0.6 is 11.6 Å². The average molecular weight is 253 g/mol. The van der Waals surface area contributed by atoms with Crippen LogP contribution in [0.3, 0.4) is 0 Å². The summed E-state index contributed by atoms with van der Waals surface area (Å²) in [5, 5.41) is -0.154. The average Bonchev–Trinajstić information content (AvgIpc) is 2.86. The number of halogens is 2. The van der Waals surface area contributed by atoms with E-state index < -0.39 is 0 Å². The fraction of sp³-hybridized carbons (Fsp3) is 0.462. The monoisotopic (exact) mass is 252 g/mol. The first-order valence-electron chi connectivity index (χ1n) is 5.89. The van der Waals surface area contributed by atoms with Crippen LogP contribution < -0.4 is 0 Å². The third-order valence-electron chi connectivity index (χ3n) is 3.43. The summed E-state index contributed by atoms with van der Waals surface area (Å²) in [5.74, 6) is 1.26. The van der Waals surface area contributed by atoms with Crippen molar-refractivity contribution in [2.45, 2.75) is 31.7 Å². The smallest absolute Gasteiger partial charge is 0.127 e. The summed E-state index contributed by atoms with van der Waals surface area (Å²) in [5.41, 5.74) is 1.69. The normalized spacial score (nSPS) is 25.2. The first kappa shape index (κ1) is 11.0. The van der Waals surface area contributed by atoms with Gasteiger partial charge in [-0.25, -0.2) is 9.37 Å². The molecule has 2 nitrogen and oxygen atoms in total. The number of hydrogen-bond acceptors (Lipinski definition) is 1. The van der Waals surface area contributed by atoms with Gasteiger partial charge in [-0.1, -0.05) is 6.92 Å². The van der Waals surface area contributed by atoms with Crippen molar-refractivity contribution in [2.75, 3.05) is 0 Å². The molecule has 3 atom stereocenters. The van der Waals surface area contributed by atoms with Crippen molar-refractivity contribution >= 4 is 22.6 Å². The molecule has 2 aromatic rings. The van der Waals surface area contributed by atoms with Crippen LogP contribution in [-0.2, 0) is 0 Å². The van der Waals surface area contributed by atoms with Crippen molar-refractivity contribution in [1.82, 2.24) is 9.55 Å². The fourth-order valence-corrected chi connectivity index (χ4v) is 2.54. The first-order valence-corrected chi connectivity index (χ1v) is 6.33. The molecule has 0 aliphatic heterocycles. The zero-order valence-electron chi connectivity index (χ0n) is 9.82.